The fraction of sp³-hybridized carbons (Fsp3) is 0.579. The van der Waals surface area contributed by atoms with Gasteiger partial charge in [0.15, 0.2) is 0 Å². The molecule has 0 aromatic heterocycles. The van der Waals surface area contributed by atoms with E-state index in [0.29, 0.717) is 31.5 Å². The van der Waals surface area contributed by atoms with Crippen LogP contribution in [0.1, 0.15) is 38.4 Å². The molecule has 0 radical (unpaired) electrons. The molecule has 27 heavy (non-hydrogen) atoms. The maximum absolute atomic E-state index is 13.0. The minimum Gasteiger partial charge on any atom is -0.388 e. The first kappa shape index (κ1) is 23.3. The number of amides is 2. The molecule has 1 aromatic carbocycles. The molecular formula is C19H29ClFN3O3. The SMILES string of the molecule is CC(C)[C@H](N)C(=O)NCC(=O)N1CCC(C(O)c2ccc(F)cc2)CC1.Cl. The van der Waals surface area contributed by atoms with Gasteiger partial charge in [0.05, 0.1) is 18.7 Å². The quantitative estimate of drug-likeness (QED) is 0.675. The summed E-state index contributed by atoms with van der Waals surface area (Å²) in [4.78, 5) is 25.8. The molecule has 0 aliphatic carbocycles. The molecule has 0 saturated carbocycles. The van der Waals surface area contributed by atoms with Gasteiger partial charge in [-0.25, -0.2) is 4.39 Å². The molecule has 1 unspecified atom stereocenters. The second-order valence-electron chi connectivity index (χ2n) is 7.20. The van der Waals surface area contributed by atoms with Gasteiger partial charge >= 0.3 is 0 Å². The minimum absolute atomic E-state index is 0. The van der Waals surface area contributed by atoms with E-state index in [1.807, 2.05) is 13.8 Å². The number of piperidine rings is 1. The molecule has 152 valence electrons. The van der Waals surface area contributed by atoms with Crippen molar-refractivity contribution in [2.45, 2.75) is 38.8 Å². The van der Waals surface area contributed by atoms with E-state index < -0.39 is 12.1 Å². The molecule has 1 aliphatic rings. The summed E-state index contributed by atoms with van der Waals surface area (Å²) < 4.78 is 13.0. The first-order valence-electron chi connectivity index (χ1n) is 9.04. The van der Waals surface area contributed by atoms with Crippen molar-refractivity contribution < 1.29 is 19.1 Å². The van der Waals surface area contributed by atoms with Crippen molar-refractivity contribution in [1.82, 2.24) is 10.2 Å². The Morgan fingerprint density at radius 1 is 1.26 bits per heavy atom. The van der Waals surface area contributed by atoms with Crippen LogP contribution in [0.2, 0.25) is 0 Å². The third kappa shape index (κ3) is 6.45. The molecule has 2 atom stereocenters. The monoisotopic (exact) mass is 401 g/mol. The number of hydrogen-bond acceptors (Lipinski definition) is 4. The van der Waals surface area contributed by atoms with E-state index in [2.05, 4.69) is 5.32 Å². The maximum atomic E-state index is 13.0. The number of carbonyl (C=O) groups is 2. The summed E-state index contributed by atoms with van der Waals surface area (Å²) >= 11 is 0. The van der Waals surface area contributed by atoms with E-state index in [-0.39, 0.29) is 48.4 Å². The summed E-state index contributed by atoms with van der Waals surface area (Å²) in [5, 5.41) is 13.0. The van der Waals surface area contributed by atoms with Crippen LogP contribution in [0.25, 0.3) is 0 Å². The minimum atomic E-state index is -0.670. The van der Waals surface area contributed by atoms with Gasteiger partial charge < -0.3 is 21.1 Å². The predicted molar refractivity (Wildman–Crippen MR) is 104 cm³/mol. The number of halogens is 2. The molecule has 4 N–H and O–H groups in total. The van der Waals surface area contributed by atoms with Crippen LogP contribution in [0.3, 0.4) is 0 Å². The van der Waals surface area contributed by atoms with Gasteiger partial charge in [0.2, 0.25) is 11.8 Å². The van der Waals surface area contributed by atoms with E-state index >= 15 is 0 Å². The Morgan fingerprint density at radius 2 is 1.81 bits per heavy atom. The van der Waals surface area contributed by atoms with Gasteiger partial charge in [-0.3, -0.25) is 9.59 Å². The van der Waals surface area contributed by atoms with E-state index in [4.69, 9.17) is 5.73 Å². The summed E-state index contributed by atoms with van der Waals surface area (Å²) in [6.45, 7) is 4.68. The first-order chi connectivity index (χ1) is 12.3. The molecule has 2 rings (SSSR count). The summed E-state index contributed by atoms with van der Waals surface area (Å²) in [5.41, 5.74) is 6.44. The van der Waals surface area contributed by atoms with Crippen molar-refractivity contribution >= 4 is 24.2 Å². The lowest BCUT2D eigenvalue weighted by molar-refractivity contribution is -0.135. The van der Waals surface area contributed by atoms with E-state index in [1.165, 1.54) is 12.1 Å². The highest BCUT2D eigenvalue weighted by Gasteiger charge is 2.28. The number of aliphatic hydroxyl groups excluding tert-OH is 1. The Balaban J connectivity index is 0.00000364. The second-order valence-corrected chi connectivity index (χ2v) is 7.20. The maximum Gasteiger partial charge on any atom is 0.241 e. The highest BCUT2D eigenvalue weighted by atomic mass is 35.5. The number of nitrogens with zero attached hydrogens (tertiary/aromatic N) is 1. The molecular weight excluding hydrogens is 373 g/mol. The molecule has 2 amide bonds. The van der Waals surface area contributed by atoms with Crippen LogP contribution in [0.15, 0.2) is 24.3 Å². The fourth-order valence-electron chi connectivity index (χ4n) is 3.09. The van der Waals surface area contributed by atoms with Crippen LogP contribution in [0.5, 0.6) is 0 Å². The van der Waals surface area contributed by atoms with Gasteiger partial charge in [-0.05, 0) is 42.4 Å². The van der Waals surface area contributed by atoms with Gasteiger partial charge in [0.1, 0.15) is 5.82 Å². The molecule has 6 nitrogen and oxygen atoms in total. The van der Waals surface area contributed by atoms with Gasteiger partial charge in [0.25, 0.3) is 0 Å². The third-order valence-electron chi connectivity index (χ3n) is 4.99. The zero-order valence-corrected chi connectivity index (χ0v) is 16.5. The molecule has 0 bridgehead atoms. The van der Waals surface area contributed by atoms with Crippen LogP contribution in [-0.2, 0) is 9.59 Å². The van der Waals surface area contributed by atoms with Gasteiger partial charge in [-0.1, -0.05) is 26.0 Å². The molecule has 1 fully saturated rings. The molecule has 0 spiro atoms. The number of nitrogens with one attached hydrogen (secondary N) is 1. The Hall–Kier alpha value is -1.70. The number of hydrogen-bond donors (Lipinski definition) is 3. The van der Waals surface area contributed by atoms with Crippen LogP contribution in [-0.4, -0.2) is 47.5 Å². The lowest BCUT2D eigenvalue weighted by Crippen LogP contribution is -2.49. The largest absolute Gasteiger partial charge is 0.388 e. The topological polar surface area (TPSA) is 95.7 Å². The van der Waals surface area contributed by atoms with E-state index in [0.717, 1.165) is 0 Å². The van der Waals surface area contributed by atoms with Crippen molar-refractivity contribution in [3.05, 3.63) is 35.6 Å². The molecule has 1 heterocycles. The second kappa shape index (κ2) is 10.6. The smallest absolute Gasteiger partial charge is 0.241 e. The zero-order chi connectivity index (χ0) is 19.3. The van der Waals surface area contributed by atoms with Gasteiger partial charge in [0, 0.05) is 13.1 Å². The van der Waals surface area contributed by atoms with Gasteiger partial charge in [-0.15, -0.1) is 12.4 Å². The van der Waals surface area contributed by atoms with Crippen molar-refractivity contribution in [1.29, 1.82) is 0 Å². The molecule has 1 aliphatic heterocycles. The standard InChI is InChI=1S/C19H28FN3O3.ClH/c1-12(2)17(21)19(26)22-11-16(24)23-9-7-14(8-10-23)18(25)13-3-5-15(20)6-4-13;/h3-6,12,14,17-18,25H,7-11,21H2,1-2H3,(H,22,26);1H/t17-,18?;/m0./s1. The average molecular weight is 402 g/mol. The highest BCUT2D eigenvalue weighted by molar-refractivity contribution is 5.87. The van der Waals surface area contributed by atoms with Gasteiger partial charge in [-0.2, -0.15) is 0 Å². The predicted octanol–water partition coefficient (Wildman–Crippen LogP) is 1.62. The van der Waals surface area contributed by atoms with Crippen LogP contribution in [0, 0.1) is 17.7 Å². The normalized spacial score (nSPS) is 17.2. The summed E-state index contributed by atoms with van der Waals surface area (Å²) in [5.74, 6) is -0.776. The third-order valence-corrected chi connectivity index (χ3v) is 4.99. The van der Waals surface area contributed by atoms with Crippen LogP contribution >= 0.6 is 12.4 Å². The lowest BCUT2D eigenvalue weighted by Gasteiger charge is -2.34. The molecule has 8 heteroatoms. The Morgan fingerprint density at radius 3 is 2.33 bits per heavy atom. The van der Waals surface area contributed by atoms with Crippen molar-refractivity contribution in [2.24, 2.45) is 17.6 Å². The number of rotatable bonds is 6. The Kier molecular flexibility index (Phi) is 9.15. The number of aliphatic hydroxyl groups is 1. The van der Waals surface area contributed by atoms with E-state index in [1.54, 1.807) is 17.0 Å². The van der Waals surface area contributed by atoms with Crippen molar-refractivity contribution in [2.75, 3.05) is 19.6 Å². The summed E-state index contributed by atoms with van der Waals surface area (Å²) in [7, 11) is 0. The first-order valence-corrected chi connectivity index (χ1v) is 9.04. The van der Waals surface area contributed by atoms with Crippen LogP contribution < -0.4 is 11.1 Å². The fourth-order valence-corrected chi connectivity index (χ4v) is 3.09. The van der Waals surface area contributed by atoms with Crippen molar-refractivity contribution in [3.8, 4) is 0 Å². The highest BCUT2D eigenvalue weighted by Crippen LogP contribution is 2.30. The number of nitrogens with two attached hydrogens (primary N) is 1. The lowest BCUT2D eigenvalue weighted by atomic mass is 9.87. The number of carbonyl (C=O) groups excluding carboxylic acids is 2. The zero-order valence-electron chi connectivity index (χ0n) is 15.7. The molecule has 1 saturated heterocycles. The van der Waals surface area contributed by atoms with Crippen molar-refractivity contribution in [3.63, 3.8) is 0 Å². The number of likely N-dealkylation sites (tertiary alicyclic amines) is 1. The summed E-state index contributed by atoms with van der Waals surface area (Å²) in [6, 6.07) is 5.22. The summed E-state index contributed by atoms with van der Waals surface area (Å²) in [6.07, 6.45) is 0.643. The molecule has 1 aromatic rings. The Bertz CT molecular complexity index is 619. The number of benzene rings is 1. The average Bonchev–Trinajstić information content (AvgIpc) is 2.65. The Labute approximate surface area is 165 Å². The van der Waals surface area contributed by atoms with Crippen LogP contribution in [0.4, 0.5) is 4.39 Å². The van der Waals surface area contributed by atoms with E-state index in [9.17, 15) is 19.1 Å².